The Labute approximate surface area is 163 Å². The van der Waals surface area contributed by atoms with E-state index in [1.54, 1.807) is 24.5 Å². The number of carbonyl (C=O) groups excluding carboxylic acids is 1. The van der Waals surface area contributed by atoms with Gasteiger partial charge in [0.25, 0.3) is 5.56 Å². The number of furan rings is 1. The molecule has 0 saturated heterocycles. The lowest BCUT2D eigenvalue weighted by atomic mass is 10.0. The van der Waals surface area contributed by atoms with Gasteiger partial charge < -0.3 is 9.73 Å². The number of amides is 1. The Morgan fingerprint density at radius 3 is 2.71 bits per heavy atom. The van der Waals surface area contributed by atoms with Crippen LogP contribution in [0.25, 0.3) is 17.4 Å². The van der Waals surface area contributed by atoms with Gasteiger partial charge in [-0.2, -0.15) is 9.78 Å². The van der Waals surface area contributed by atoms with Gasteiger partial charge in [-0.05, 0) is 31.4 Å². The van der Waals surface area contributed by atoms with Crippen LogP contribution in [0.1, 0.15) is 45.7 Å². The van der Waals surface area contributed by atoms with Gasteiger partial charge in [0, 0.05) is 23.7 Å². The van der Waals surface area contributed by atoms with E-state index in [0.717, 1.165) is 19.3 Å². The molecule has 0 unspecified atom stereocenters. The molecule has 8 heteroatoms. The van der Waals surface area contributed by atoms with Gasteiger partial charge in [-0.15, -0.1) is 0 Å². The maximum absolute atomic E-state index is 12.6. The molecule has 0 aliphatic heterocycles. The van der Waals surface area contributed by atoms with Crippen LogP contribution in [0.4, 0.5) is 5.82 Å². The first-order chi connectivity index (χ1) is 13.5. The smallest absolute Gasteiger partial charge is 0.252 e. The summed E-state index contributed by atoms with van der Waals surface area (Å²) >= 11 is 0. The maximum atomic E-state index is 12.6. The molecule has 3 aromatic rings. The van der Waals surface area contributed by atoms with Crippen molar-refractivity contribution in [2.75, 3.05) is 5.32 Å². The topological polar surface area (TPSA) is 106 Å². The van der Waals surface area contributed by atoms with E-state index in [1.807, 2.05) is 20.8 Å². The Balaban J connectivity index is 2.06. The highest BCUT2D eigenvalue weighted by atomic mass is 16.3. The van der Waals surface area contributed by atoms with E-state index in [-0.39, 0.29) is 23.3 Å². The molecule has 8 nitrogen and oxygen atoms in total. The van der Waals surface area contributed by atoms with Crippen LogP contribution in [0.5, 0.6) is 0 Å². The number of aromatic amines is 1. The minimum Gasteiger partial charge on any atom is -0.463 e. The Morgan fingerprint density at radius 1 is 1.29 bits per heavy atom. The van der Waals surface area contributed by atoms with Gasteiger partial charge in [0.1, 0.15) is 11.5 Å². The molecular weight excluding hydrogens is 358 g/mol. The number of hydrogen-bond acceptors (Lipinski definition) is 5. The van der Waals surface area contributed by atoms with Gasteiger partial charge in [-0.1, -0.05) is 27.2 Å². The molecule has 0 fully saturated rings. The number of carbonyl (C=O) groups is 1. The zero-order chi connectivity index (χ0) is 20.1. The summed E-state index contributed by atoms with van der Waals surface area (Å²) in [7, 11) is 0. The minimum absolute atomic E-state index is 0.0933. The summed E-state index contributed by atoms with van der Waals surface area (Å²) < 4.78 is 6.87. The fourth-order valence-corrected chi connectivity index (χ4v) is 3.04. The second-order valence-corrected chi connectivity index (χ2v) is 6.62. The quantitative estimate of drug-likeness (QED) is 0.619. The lowest BCUT2D eigenvalue weighted by molar-refractivity contribution is -0.120. The Bertz CT molecular complexity index is 984. The van der Waals surface area contributed by atoms with Crippen molar-refractivity contribution in [3.63, 3.8) is 0 Å². The van der Waals surface area contributed by atoms with Gasteiger partial charge in [0.15, 0.2) is 5.76 Å². The molecule has 0 aliphatic rings. The summed E-state index contributed by atoms with van der Waals surface area (Å²) in [6.07, 6.45) is 4.58. The molecule has 0 saturated carbocycles. The van der Waals surface area contributed by atoms with E-state index < -0.39 is 0 Å². The van der Waals surface area contributed by atoms with Crippen molar-refractivity contribution in [2.24, 2.45) is 5.92 Å². The molecule has 1 amide bonds. The SMILES string of the molecule is CCCc1cc(=O)[nH]c(-n2nc(-c3ccco3)cc2NC(=O)C(CC)CC)n1. The normalized spacial score (nSPS) is 11.1. The average molecular weight is 383 g/mol. The summed E-state index contributed by atoms with van der Waals surface area (Å²) in [5, 5.41) is 7.43. The molecular formula is C20H25N5O3. The van der Waals surface area contributed by atoms with Gasteiger partial charge in [0.05, 0.1) is 6.26 Å². The average Bonchev–Trinajstić information content (AvgIpc) is 3.32. The summed E-state index contributed by atoms with van der Waals surface area (Å²) in [5.41, 5.74) is 0.947. The predicted molar refractivity (Wildman–Crippen MR) is 106 cm³/mol. The van der Waals surface area contributed by atoms with Crippen molar-refractivity contribution in [3.8, 4) is 17.4 Å². The monoisotopic (exact) mass is 383 g/mol. The number of aryl methyl sites for hydroxylation is 1. The van der Waals surface area contributed by atoms with Crippen LogP contribution in [0.3, 0.4) is 0 Å². The molecule has 0 radical (unpaired) electrons. The van der Waals surface area contributed by atoms with Gasteiger partial charge in [-0.3, -0.25) is 14.6 Å². The number of nitrogens with zero attached hydrogens (tertiary/aromatic N) is 3. The molecule has 28 heavy (non-hydrogen) atoms. The second-order valence-electron chi connectivity index (χ2n) is 6.62. The lowest BCUT2D eigenvalue weighted by Crippen LogP contribution is -2.24. The number of nitrogens with one attached hydrogen (secondary N) is 2. The predicted octanol–water partition coefficient (Wildman–Crippen LogP) is 3.54. The van der Waals surface area contributed by atoms with Gasteiger partial charge >= 0.3 is 0 Å². The number of hydrogen-bond donors (Lipinski definition) is 2. The van der Waals surface area contributed by atoms with Crippen LogP contribution in [-0.4, -0.2) is 25.7 Å². The number of rotatable bonds is 8. The molecule has 148 valence electrons. The zero-order valence-corrected chi connectivity index (χ0v) is 16.4. The van der Waals surface area contributed by atoms with Gasteiger partial charge in [0.2, 0.25) is 11.9 Å². The molecule has 0 atom stereocenters. The molecule has 0 aromatic carbocycles. The van der Waals surface area contributed by atoms with E-state index in [9.17, 15) is 9.59 Å². The molecule has 3 aromatic heterocycles. The fraction of sp³-hybridized carbons (Fsp3) is 0.400. The highest BCUT2D eigenvalue weighted by Crippen LogP contribution is 2.25. The molecule has 0 aliphatic carbocycles. The molecule has 2 N–H and O–H groups in total. The summed E-state index contributed by atoms with van der Waals surface area (Å²) in [6.45, 7) is 5.98. The Kier molecular flexibility index (Phi) is 6.08. The first-order valence-electron chi connectivity index (χ1n) is 9.61. The fourth-order valence-electron chi connectivity index (χ4n) is 3.04. The number of anilines is 1. The van der Waals surface area contributed by atoms with Crippen molar-refractivity contribution in [1.82, 2.24) is 19.7 Å². The summed E-state index contributed by atoms with van der Waals surface area (Å²) in [6, 6.07) is 6.74. The van der Waals surface area contributed by atoms with Crippen LogP contribution in [-0.2, 0) is 11.2 Å². The van der Waals surface area contributed by atoms with Crippen molar-refractivity contribution in [1.29, 1.82) is 0 Å². The largest absolute Gasteiger partial charge is 0.463 e. The van der Waals surface area contributed by atoms with Crippen molar-refractivity contribution in [3.05, 3.63) is 46.6 Å². The third kappa shape index (κ3) is 4.21. The molecule has 3 rings (SSSR count). The maximum Gasteiger partial charge on any atom is 0.252 e. The van der Waals surface area contributed by atoms with E-state index in [4.69, 9.17) is 4.42 Å². The number of aromatic nitrogens is 4. The molecule has 0 spiro atoms. The Morgan fingerprint density at radius 2 is 2.07 bits per heavy atom. The van der Waals surface area contributed by atoms with E-state index >= 15 is 0 Å². The van der Waals surface area contributed by atoms with Crippen molar-refractivity contribution >= 4 is 11.7 Å². The van der Waals surface area contributed by atoms with Gasteiger partial charge in [-0.25, -0.2) is 4.98 Å². The lowest BCUT2D eigenvalue weighted by Gasteiger charge is -2.13. The zero-order valence-electron chi connectivity index (χ0n) is 16.4. The standard InChI is InChI=1S/C20H25N5O3/c1-4-8-14-11-18(26)23-20(21-14)25-17(22-19(27)13(5-2)6-3)12-15(24-25)16-9-7-10-28-16/h7,9-13H,4-6,8H2,1-3H3,(H,22,27)(H,21,23,26). The molecule has 0 bridgehead atoms. The second kappa shape index (κ2) is 8.69. The van der Waals surface area contributed by atoms with E-state index in [2.05, 4.69) is 20.4 Å². The highest BCUT2D eigenvalue weighted by molar-refractivity contribution is 5.92. The first-order valence-corrected chi connectivity index (χ1v) is 9.61. The van der Waals surface area contributed by atoms with Crippen molar-refractivity contribution in [2.45, 2.75) is 46.5 Å². The van der Waals surface area contributed by atoms with Crippen molar-refractivity contribution < 1.29 is 9.21 Å². The van der Waals surface area contributed by atoms with Crippen LogP contribution in [0.15, 0.2) is 39.7 Å². The third-order valence-corrected chi connectivity index (χ3v) is 4.58. The third-order valence-electron chi connectivity index (χ3n) is 4.58. The number of H-pyrrole nitrogens is 1. The Hall–Kier alpha value is -3.16. The van der Waals surface area contributed by atoms with Crippen LogP contribution >= 0.6 is 0 Å². The van der Waals surface area contributed by atoms with Crippen LogP contribution < -0.4 is 10.9 Å². The summed E-state index contributed by atoms with van der Waals surface area (Å²) in [5.74, 6) is 1.05. The minimum atomic E-state index is -0.263. The highest BCUT2D eigenvalue weighted by Gasteiger charge is 2.20. The van der Waals surface area contributed by atoms with E-state index in [0.29, 0.717) is 29.4 Å². The summed E-state index contributed by atoms with van der Waals surface area (Å²) in [4.78, 5) is 31.9. The van der Waals surface area contributed by atoms with Crippen LogP contribution in [0, 0.1) is 5.92 Å². The van der Waals surface area contributed by atoms with E-state index in [1.165, 1.54) is 10.7 Å². The molecule has 3 heterocycles. The first kappa shape index (κ1) is 19.6. The van der Waals surface area contributed by atoms with Crippen LogP contribution in [0.2, 0.25) is 0 Å².